The zero-order valence-electron chi connectivity index (χ0n) is 11.8. The third-order valence-corrected chi connectivity index (χ3v) is 3.93. The van der Waals surface area contributed by atoms with Crippen molar-refractivity contribution in [1.82, 2.24) is 10.2 Å². The summed E-state index contributed by atoms with van der Waals surface area (Å²) >= 11 is 0. The largest absolute Gasteiger partial charge is 0.358 e. The van der Waals surface area contributed by atoms with Crippen molar-refractivity contribution in [1.29, 1.82) is 0 Å². The first-order chi connectivity index (χ1) is 9.15. The fourth-order valence-electron chi connectivity index (χ4n) is 2.76. The zero-order chi connectivity index (χ0) is 13.8. The van der Waals surface area contributed by atoms with E-state index in [1.807, 2.05) is 0 Å². The van der Waals surface area contributed by atoms with E-state index in [1.165, 1.54) is 11.1 Å². The fraction of sp³-hybridized carbons (Fsp3) is 0.533. The molecule has 1 aliphatic heterocycles. The number of hydrogen-bond acceptors (Lipinski definition) is 3. The Bertz CT molecular complexity index is 459. The molecule has 1 heterocycles. The molecule has 0 bridgehead atoms. The molecule has 3 N–H and O–H groups in total. The Kier molecular flexibility index (Phi) is 4.56. The summed E-state index contributed by atoms with van der Waals surface area (Å²) in [5.41, 5.74) is 9.35. The zero-order valence-corrected chi connectivity index (χ0v) is 11.8. The molecule has 1 atom stereocenters. The molecule has 19 heavy (non-hydrogen) atoms. The monoisotopic (exact) mass is 261 g/mol. The van der Waals surface area contributed by atoms with Crippen LogP contribution in [0.1, 0.15) is 29.5 Å². The molecule has 0 aliphatic carbocycles. The highest BCUT2D eigenvalue weighted by atomic mass is 16.2. The lowest BCUT2D eigenvalue weighted by molar-refractivity contribution is -0.125. The summed E-state index contributed by atoms with van der Waals surface area (Å²) in [6.45, 7) is 4.52. The molecule has 4 heteroatoms. The van der Waals surface area contributed by atoms with Crippen molar-refractivity contribution in [3.05, 3.63) is 34.9 Å². The van der Waals surface area contributed by atoms with Gasteiger partial charge in [-0.05, 0) is 43.0 Å². The summed E-state index contributed by atoms with van der Waals surface area (Å²) in [7, 11) is 1.71. The van der Waals surface area contributed by atoms with Crippen LogP contribution in [0, 0.1) is 6.92 Å². The molecule has 0 spiro atoms. The molecule has 2 rings (SSSR count). The normalized spacial score (nSPS) is 19.6. The molecule has 104 valence electrons. The molecule has 1 fully saturated rings. The minimum atomic E-state index is 0.0265. The van der Waals surface area contributed by atoms with Gasteiger partial charge in [0, 0.05) is 20.1 Å². The molecule has 1 unspecified atom stereocenters. The average Bonchev–Trinajstić information content (AvgIpc) is 2.88. The second-order valence-corrected chi connectivity index (χ2v) is 5.21. The van der Waals surface area contributed by atoms with Crippen LogP contribution in [0.15, 0.2) is 18.2 Å². The van der Waals surface area contributed by atoms with Gasteiger partial charge in [-0.1, -0.05) is 18.2 Å². The molecule has 1 saturated heterocycles. The van der Waals surface area contributed by atoms with E-state index in [0.29, 0.717) is 6.54 Å². The summed E-state index contributed by atoms with van der Waals surface area (Å²) < 4.78 is 0. The molecule has 4 nitrogen and oxygen atoms in total. The Morgan fingerprint density at radius 1 is 1.53 bits per heavy atom. The number of nitrogens with two attached hydrogens (primary N) is 1. The predicted molar refractivity (Wildman–Crippen MR) is 76.6 cm³/mol. The maximum atomic E-state index is 11.8. The third-order valence-electron chi connectivity index (χ3n) is 3.93. The standard InChI is InChI=1S/C15H23N3O/c1-11-8-12(9-16)5-6-13(11)10-18-7-3-4-14(18)15(19)17-2/h5-6,8,14H,3-4,7,9-10,16H2,1-2H3,(H,17,19). The van der Waals surface area contributed by atoms with Crippen molar-refractivity contribution in [3.8, 4) is 0 Å². The van der Waals surface area contributed by atoms with Crippen LogP contribution in [0.5, 0.6) is 0 Å². The molecule has 0 aromatic heterocycles. The maximum Gasteiger partial charge on any atom is 0.237 e. The molecule has 0 saturated carbocycles. The van der Waals surface area contributed by atoms with Gasteiger partial charge in [0.15, 0.2) is 0 Å². The second-order valence-electron chi connectivity index (χ2n) is 5.21. The van der Waals surface area contributed by atoms with Crippen LogP contribution in [-0.2, 0) is 17.9 Å². The van der Waals surface area contributed by atoms with Gasteiger partial charge >= 0.3 is 0 Å². The predicted octanol–water partition coefficient (Wildman–Crippen LogP) is 1.16. The lowest BCUT2D eigenvalue weighted by Gasteiger charge is -2.24. The lowest BCUT2D eigenvalue weighted by atomic mass is 10.0. The highest BCUT2D eigenvalue weighted by Crippen LogP contribution is 2.22. The summed E-state index contributed by atoms with van der Waals surface area (Å²) in [5.74, 6) is 0.133. The van der Waals surface area contributed by atoms with Crippen molar-refractivity contribution < 1.29 is 4.79 Å². The van der Waals surface area contributed by atoms with Gasteiger partial charge in [0.25, 0.3) is 0 Å². The molecule has 1 aromatic rings. The summed E-state index contributed by atoms with van der Waals surface area (Å²) in [4.78, 5) is 14.1. The number of aryl methyl sites for hydroxylation is 1. The lowest BCUT2D eigenvalue weighted by Crippen LogP contribution is -2.41. The molecule has 1 amide bonds. The molecular formula is C15H23N3O. The summed E-state index contributed by atoms with van der Waals surface area (Å²) in [6, 6.07) is 6.38. The third kappa shape index (κ3) is 3.14. The Morgan fingerprint density at radius 3 is 2.95 bits per heavy atom. The fourth-order valence-corrected chi connectivity index (χ4v) is 2.76. The van der Waals surface area contributed by atoms with Crippen LogP contribution in [0.3, 0.4) is 0 Å². The number of rotatable bonds is 4. The Labute approximate surface area is 115 Å². The minimum Gasteiger partial charge on any atom is -0.358 e. The van der Waals surface area contributed by atoms with E-state index < -0.39 is 0 Å². The highest BCUT2D eigenvalue weighted by Gasteiger charge is 2.29. The van der Waals surface area contributed by atoms with Gasteiger partial charge in [0.05, 0.1) is 6.04 Å². The van der Waals surface area contributed by atoms with Gasteiger partial charge in [-0.25, -0.2) is 0 Å². The first kappa shape index (κ1) is 14.0. The van der Waals surface area contributed by atoms with Gasteiger partial charge in [-0.2, -0.15) is 0 Å². The Balaban J connectivity index is 2.10. The van der Waals surface area contributed by atoms with Crippen LogP contribution >= 0.6 is 0 Å². The highest BCUT2D eigenvalue weighted by molar-refractivity contribution is 5.81. The number of carbonyl (C=O) groups excluding carboxylic acids is 1. The number of hydrogen-bond donors (Lipinski definition) is 2. The molecule has 1 aromatic carbocycles. The van der Waals surface area contributed by atoms with Gasteiger partial charge in [-0.15, -0.1) is 0 Å². The smallest absolute Gasteiger partial charge is 0.237 e. The van der Waals surface area contributed by atoms with Crippen LogP contribution in [-0.4, -0.2) is 30.4 Å². The van der Waals surface area contributed by atoms with Crippen molar-refractivity contribution in [2.45, 2.75) is 38.9 Å². The summed E-state index contributed by atoms with van der Waals surface area (Å²) in [5, 5.41) is 2.76. The van der Waals surface area contributed by atoms with E-state index in [1.54, 1.807) is 7.05 Å². The van der Waals surface area contributed by atoms with Crippen molar-refractivity contribution in [3.63, 3.8) is 0 Å². The van der Waals surface area contributed by atoms with E-state index >= 15 is 0 Å². The second kappa shape index (κ2) is 6.17. The van der Waals surface area contributed by atoms with E-state index in [4.69, 9.17) is 5.73 Å². The number of amides is 1. The van der Waals surface area contributed by atoms with Gasteiger partial charge in [-0.3, -0.25) is 9.69 Å². The van der Waals surface area contributed by atoms with Crippen molar-refractivity contribution in [2.75, 3.05) is 13.6 Å². The van der Waals surface area contributed by atoms with Crippen molar-refractivity contribution in [2.24, 2.45) is 5.73 Å². The van der Waals surface area contributed by atoms with E-state index in [9.17, 15) is 4.79 Å². The van der Waals surface area contributed by atoms with Gasteiger partial charge in [0.2, 0.25) is 5.91 Å². The number of likely N-dealkylation sites (tertiary alicyclic amines) is 1. The van der Waals surface area contributed by atoms with Gasteiger partial charge < -0.3 is 11.1 Å². The molecule has 0 radical (unpaired) electrons. The molecule has 1 aliphatic rings. The summed E-state index contributed by atoms with van der Waals surface area (Å²) in [6.07, 6.45) is 2.05. The van der Waals surface area contributed by atoms with Crippen molar-refractivity contribution >= 4 is 5.91 Å². The van der Waals surface area contributed by atoms with Crippen LogP contribution in [0.25, 0.3) is 0 Å². The Morgan fingerprint density at radius 2 is 2.32 bits per heavy atom. The number of benzene rings is 1. The van der Waals surface area contributed by atoms with E-state index in [2.05, 4.69) is 35.3 Å². The van der Waals surface area contributed by atoms with E-state index in [0.717, 1.165) is 31.5 Å². The number of nitrogens with one attached hydrogen (secondary N) is 1. The Hall–Kier alpha value is -1.39. The SMILES string of the molecule is CNC(=O)C1CCCN1Cc1ccc(CN)cc1C. The number of nitrogens with zero attached hydrogens (tertiary/aromatic N) is 1. The maximum absolute atomic E-state index is 11.8. The topological polar surface area (TPSA) is 58.4 Å². The number of likely N-dealkylation sites (N-methyl/N-ethyl adjacent to an activating group) is 1. The number of carbonyl (C=O) groups is 1. The molecular weight excluding hydrogens is 238 g/mol. The first-order valence-electron chi connectivity index (χ1n) is 6.90. The van der Waals surface area contributed by atoms with Gasteiger partial charge in [0.1, 0.15) is 0 Å². The average molecular weight is 261 g/mol. The van der Waals surface area contributed by atoms with E-state index in [-0.39, 0.29) is 11.9 Å². The van der Waals surface area contributed by atoms with Crippen LogP contribution in [0.2, 0.25) is 0 Å². The quantitative estimate of drug-likeness (QED) is 0.855. The van der Waals surface area contributed by atoms with Crippen LogP contribution in [0.4, 0.5) is 0 Å². The minimum absolute atomic E-state index is 0.0265. The first-order valence-corrected chi connectivity index (χ1v) is 6.90. The van der Waals surface area contributed by atoms with Crippen LogP contribution < -0.4 is 11.1 Å².